The van der Waals surface area contributed by atoms with Crippen molar-refractivity contribution in [3.63, 3.8) is 0 Å². The number of ketones is 2. The van der Waals surface area contributed by atoms with Crippen LogP contribution in [0.4, 0.5) is 0 Å². The summed E-state index contributed by atoms with van der Waals surface area (Å²) in [7, 11) is -7.70. The number of rotatable bonds is 20. The summed E-state index contributed by atoms with van der Waals surface area (Å²) >= 11 is 0. The van der Waals surface area contributed by atoms with Gasteiger partial charge in [0, 0.05) is 47.2 Å². The van der Waals surface area contributed by atoms with E-state index < -0.39 is 112 Å². The zero-order chi connectivity index (χ0) is 79.4. The topological polar surface area (TPSA) is 317 Å². The molecule has 2 saturated heterocycles. The standard InChI is InChI=1S/2C42H57N3O9S/c2*1-7-18-52-36-24-43-38(32-15-11-10-14-31(32)36)53-29-20-34-35(46)23-42(40(49)44-55(50,51)30-16-17-30)22-28(42)13-9-8-12-26(2)19-27(3)33(39(48)45(34)25-29)21-37(47)54-41(4,5)6/h2*9-11,13-15,24,26-30,33-34H,7-8,12,16-23,25H2,1-6H3,(H,44,49)/b2*13-9-/t26-,27+,28+,29+,33-,34-,42+;26-,27-,28-,29-,33+,34+,42-/m01/s1. The zero-order valence-corrected chi connectivity index (χ0v) is 67.7. The molecule has 12 rings (SSSR count). The molecule has 2 aromatic heterocycles. The number of hydrogen-bond donors (Lipinski definition) is 2. The lowest BCUT2D eigenvalue weighted by Gasteiger charge is -2.32. The van der Waals surface area contributed by atoms with Gasteiger partial charge < -0.3 is 38.2 Å². The van der Waals surface area contributed by atoms with Crippen molar-refractivity contribution >= 4 is 88.7 Å². The summed E-state index contributed by atoms with van der Waals surface area (Å²) in [6.07, 6.45) is 18.2. The molecule has 6 heterocycles. The van der Waals surface area contributed by atoms with E-state index in [1.807, 2.05) is 101 Å². The first-order chi connectivity index (χ1) is 52.0. The molecule has 14 atom stereocenters. The van der Waals surface area contributed by atoms with Gasteiger partial charge in [-0.2, -0.15) is 0 Å². The van der Waals surface area contributed by atoms with Crippen LogP contribution in [0.25, 0.3) is 21.5 Å². The summed E-state index contributed by atoms with van der Waals surface area (Å²) in [5.41, 5.74) is -3.98. The van der Waals surface area contributed by atoms with Gasteiger partial charge in [0.25, 0.3) is 0 Å². The lowest BCUT2D eigenvalue weighted by molar-refractivity contribution is -0.160. The number of pyridine rings is 2. The van der Waals surface area contributed by atoms with Crippen molar-refractivity contribution in [2.24, 2.45) is 58.2 Å². The predicted octanol–water partition coefficient (Wildman–Crippen LogP) is 12.6. The van der Waals surface area contributed by atoms with Crippen molar-refractivity contribution in [1.29, 1.82) is 0 Å². The summed E-state index contributed by atoms with van der Waals surface area (Å²) in [4.78, 5) is 126. The first-order valence-electron chi connectivity index (χ1n) is 39.9. The molecule has 4 aliphatic heterocycles. The third-order valence-corrected chi connectivity index (χ3v) is 26.5. The van der Waals surface area contributed by atoms with Crippen LogP contribution in [0.2, 0.25) is 0 Å². The number of aromatic nitrogens is 2. The zero-order valence-electron chi connectivity index (χ0n) is 66.1. The number of ether oxygens (including phenoxy) is 6. The highest BCUT2D eigenvalue weighted by molar-refractivity contribution is 7.91. The van der Waals surface area contributed by atoms with E-state index in [9.17, 15) is 55.2 Å². The van der Waals surface area contributed by atoms with E-state index in [1.54, 1.807) is 53.9 Å². The normalized spacial score (nSPS) is 29.7. The summed E-state index contributed by atoms with van der Waals surface area (Å²) in [6.45, 7) is 24.1. The highest BCUT2D eigenvalue weighted by Gasteiger charge is 2.63. The van der Waals surface area contributed by atoms with Gasteiger partial charge in [0.2, 0.25) is 55.4 Å². The number of allylic oxidation sites excluding steroid dienone is 4. The Labute approximate surface area is 648 Å². The van der Waals surface area contributed by atoms with Gasteiger partial charge in [-0.3, -0.25) is 47.8 Å². The Morgan fingerprint density at radius 1 is 0.527 bits per heavy atom. The van der Waals surface area contributed by atoms with Crippen molar-refractivity contribution in [3.05, 3.63) is 85.2 Å². The van der Waals surface area contributed by atoms with Gasteiger partial charge in [0.05, 0.1) is 96.8 Å². The molecule has 0 bridgehead atoms. The average molecular weight is 1560 g/mol. The fourth-order valence-corrected chi connectivity index (χ4v) is 19.3. The summed E-state index contributed by atoms with van der Waals surface area (Å²) in [6, 6.07) is 13.3. The molecule has 4 amide bonds. The molecule has 110 heavy (non-hydrogen) atoms. The van der Waals surface area contributed by atoms with Crippen molar-refractivity contribution in [3.8, 4) is 23.3 Å². The van der Waals surface area contributed by atoms with Crippen LogP contribution in [0, 0.1) is 58.2 Å². The van der Waals surface area contributed by atoms with Gasteiger partial charge >= 0.3 is 11.9 Å². The Hall–Kier alpha value is -8.00. The maximum atomic E-state index is 14.9. The molecule has 0 radical (unpaired) electrons. The average Bonchev–Trinajstić information content (AvgIpc) is 1.58. The highest BCUT2D eigenvalue weighted by atomic mass is 32.2. The molecule has 8 aliphatic rings. The molecule has 4 aromatic rings. The number of benzene rings is 2. The number of nitrogens with zero attached hydrogens (tertiary/aromatic N) is 4. The van der Waals surface area contributed by atoms with Gasteiger partial charge in [0.15, 0.2) is 11.6 Å². The van der Waals surface area contributed by atoms with E-state index in [-0.39, 0.29) is 111 Å². The molecule has 2 N–H and O–H groups in total. The van der Waals surface area contributed by atoms with E-state index in [0.29, 0.717) is 87.8 Å². The van der Waals surface area contributed by atoms with Crippen molar-refractivity contribution < 1.29 is 83.6 Å². The molecule has 600 valence electrons. The fraction of sp³-hybridized carbons (Fsp3) is 0.643. The van der Waals surface area contributed by atoms with Crippen molar-refractivity contribution in [2.45, 2.75) is 257 Å². The lowest BCUT2D eigenvalue weighted by atomic mass is 9.82. The molecular weight excluding hydrogens is 1450 g/mol. The monoisotopic (exact) mass is 1560 g/mol. The lowest BCUT2D eigenvalue weighted by Crippen LogP contribution is -2.47. The first-order valence-corrected chi connectivity index (χ1v) is 43.0. The molecule has 0 spiro atoms. The van der Waals surface area contributed by atoms with E-state index in [1.165, 1.54) is 9.80 Å². The van der Waals surface area contributed by atoms with Crippen molar-refractivity contribution in [1.82, 2.24) is 29.2 Å². The van der Waals surface area contributed by atoms with E-state index in [4.69, 9.17) is 28.4 Å². The van der Waals surface area contributed by atoms with Gasteiger partial charge in [-0.25, -0.2) is 26.8 Å². The maximum Gasteiger partial charge on any atom is 0.307 e. The minimum atomic E-state index is -3.85. The fourth-order valence-electron chi connectivity index (χ4n) is 16.5. The van der Waals surface area contributed by atoms with Gasteiger partial charge in [-0.15, -0.1) is 0 Å². The number of amides is 4. The number of nitrogens with one attached hydrogen (secondary N) is 2. The van der Waals surface area contributed by atoms with Crippen LogP contribution in [-0.2, 0) is 67.9 Å². The number of carbonyl (C=O) groups is 8. The van der Waals surface area contributed by atoms with Gasteiger partial charge in [0.1, 0.15) is 34.9 Å². The smallest absolute Gasteiger partial charge is 0.307 e. The number of carbonyl (C=O) groups excluding carboxylic acids is 8. The second-order valence-electron chi connectivity index (χ2n) is 34.6. The molecule has 0 unspecified atom stereocenters. The molecular formula is C84H114N6O18S2. The Balaban J connectivity index is 0.000000218. The number of esters is 2. The molecule has 4 aliphatic carbocycles. The second-order valence-corrected chi connectivity index (χ2v) is 38.5. The van der Waals surface area contributed by atoms with Gasteiger partial charge in [-0.1, -0.05) is 102 Å². The molecule has 4 saturated carbocycles. The number of fused-ring (bicyclic) bond motifs is 6. The summed E-state index contributed by atoms with van der Waals surface area (Å²) < 4.78 is 92.7. The van der Waals surface area contributed by atoms with Crippen LogP contribution < -0.4 is 28.4 Å². The first kappa shape index (κ1) is 82.9. The van der Waals surface area contributed by atoms with Crippen LogP contribution in [0.5, 0.6) is 23.3 Å². The third kappa shape index (κ3) is 20.2. The molecule has 24 nitrogen and oxygen atoms in total. The number of Topliss-reactive ketones (excluding diaryl/α,β-unsaturated/α-hetero) is 2. The third-order valence-electron chi connectivity index (χ3n) is 22.9. The quantitative estimate of drug-likeness (QED) is 0.0613. The molecule has 6 fully saturated rings. The Morgan fingerprint density at radius 3 is 1.24 bits per heavy atom. The van der Waals surface area contributed by atoms with Crippen LogP contribution in [0.15, 0.2) is 85.2 Å². The van der Waals surface area contributed by atoms with Crippen molar-refractivity contribution in [2.75, 3.05) is 26.3 Å². The minimum Gasteiger partial charge on any atom is -0.491 e. The van der Waals surface area contributed by atoms with E-state index in [0.717, 1.165) is 60.1 Å². The van der Waals surface area contributed by atoms with Crippen LogP contribution in [0.1, 0.15) is 212 Å². The van der Waals surface area contributed by atoms with E-state index >= 15 is 0 Å². The van der Waals surface area contributed by atoms with Crippen LogP contribution in [0.3, 0.4) is 0 Å². The van der Waals surface area contributed by atoms with Gasteiger partial charge in [-0.05, 0) is 179 Å². The van der Waals surface area contributed by atoms with Crippen LogP contribution in [-0.4, -0.2) is 156 Å². The predicted molar refractivity (Wildman–Crippen MR) is 415 cm³/mol. The van der Waals surface area contributed by atoms with Crippen LogP contribution >= 0.6 is 0 Å². The second kappa shape index (κ2) is 34.1. The number of sulfonamides is 2. The minimum absolute atomic E-state index is 0.0605. The Morgan fingerprint density at radius 2 is 0.891 bits per heavy atom. The summed E-state index contributed by atoms with van der Waals surface area (Å²) in [5.74, 6) is -3.90. The summed E-state index contributed by atoms with van der Waals surface area (Å²) in [5, 5.41) is 1.91. The molecule has 26 heteroatoms. The highest BCUT2D eigenvalue weighted by Crippen LogP contribution is 2.59. The largest absolute Gasteiger partial charge is 0.491 e. The maximum absolute atomic E-state index is 14.9. The van der Waals surface area contributed by atoms with E-state index in [2.05, 4.69) is 33.3 Å². The Bertz CT molecular complexity index is 4110. The Kier molecular flexibility index (Phi) is 25.7. The number of hydrogen-bond acceptors (Lipinski definition) is 20. The SMILES string of the molecule is CCCOc1cnc(O[C@@H]2C[C@H]3C(=O)C[C@]4(C(=O)NS(=O)(=O)C5CC5)C[C@H]4/C=C\CC[C@@H](C)C[C@@H](C)[C@H](CC(=O)OC(C)(C)C)C(=O)N3C2)c2ccccc12.CCCOc1cnc(O[C@@H]2C[C@H]3C(=O)C[C@]4(C(=O)NS(=O)(=O)C5CC5)C[C@H]4/C=C\CC[C@H](C)C[C@@H](C)[C@H](CC(=O)OC(C)(C)C)C(=O)N3C2)c2ccccc12. The molecule has 2 aromatic carbocycles.